The number of rotatable bonds is 1. The van der Waals surface area contributed by atoms with Crippen molar-refractivity contribution in [3.05, 3.63) is 29.8 Å². The Kier molecular flexibility index (Phi) is 3.20. The molecule has 2 saturated heterocycles. The van der Waals surface area contributed by atoms with Gasteiger partial charge in [0.25, 0.3) is 0 Å². The first-order chi connectivity index (χ1) is 9.28. The number of piperazine rings is 2. The van der Waals surface area contributed by atoms with Gasteiger partial charge in [0.1, 0.15) is 0 Å². The number of amides is 1. The predicted molar refractivity (Wildman–Crippen MR) is 71.7 cm³/mol. The van der Waals surface area contributed by atoms with Crippen LogP contribution in [0, 0.1) is 11.3 Å². The van der Waals surface area contributed by atoms with Crippen molar-refractivity contribution in [2.75, 3.05) is 37.6 Å². The number of fused-ring (bicyclic) bond motifs is 1. The third-order valence-electron chi connectivity index (χ3n) is 3.81. The molecule has 1 aromatic carbocycles. The second-order valence-corrected chi connectivity index (χ2v) is 4.99. The first-order valence-corrected chi connectivity index (χ1v) is 6.53. The van der Waals surface area contributed by atoms with E-state index in [2.05, 4.69) is 16.3 Å². The third-order valence-corrected chi connectivity index (χ3v) is 3.81. The molecule has 0 aliphatic carbocycles. The summed E-state index contributed by atoms with van der Waals surface area (Å²) in [5.41, 5.74) is 1.50. The van der Waals surface area contributed by atoms with E-state index >= 15 is 0 Å². The monoisotopic (exact) mass is 256 g/mol. The number of hydrogen-bond donors (Lipinski definition) is 1. The fraction of sp³-hybridized carbons (Fsp3) is 0.429. The number of hydrogen-bond acceptors (Lipinski definition) is 4. The highest BCUT2D eigenvalue weighted by molar-refractivity contribution is 5.95. The molecule has 98 valence electrons. The maximum absolute atomic E-state index is 12.2. The Bertz CT molecular complexity index is 519. The number of carbonyl (C=O) groups excluding carboxylic acids is 1. The molecule has 0 saturated carbocycles. The fourth-order valence-corrected chi connectivity index (χ4v) is 2.73. The molecule has 0 radical (unpaired) electrons. The number of nitrogens with zero attached hydrogens (tertiary/aromatic N) is 3. The Balaban J connectivity index is 1.80. The summed E-state index contributed by atoms with van der Waals surface area (Å²) in [7, 11) is 0. The molecule has 0 bridgehead atoms. The lowest BCUT2D eigenvalue weighted by atomic mass is 10.1. The number of carbonyl (C=O) groups is 1. The van der Waals surface area contributed by atoms with Gasteiger partial charge >= 0.3 is 0 Å². The first kappa shape index (κ1) is 12.2. The van der Waals surface area contributed by atoms with E-state index in [1.807, 2.05) is 17.0 Å². The van der Waals surface area contributed by atoms with Crippen LogP contribution >= 0.6 is 0 Å². The van der Waals surface area contributed by atoms with E-state index in [0.29, 0.717) is 18.2 Å². The molecule has 3 rings (SSSR count). The van der Waals surface area contributed by atoms with Gasteiger partial charge in [-0.2, -0.15) is 5.26 Å². The van der Waals surface area contributed by atoms with Gasteiger partial charge in [0.2, 0.25) is 5.91 Å². The molecule has 2 heterocycles. The molecule has 5 heteroatoms. The quantitative estimate of drug-likeness (QED) is 0.778. The average Bonchev–Trinajstić information content (AvgIpc) is 2.47. The Hall–Kier alpha value is -1.90. The largest absolute Gasteiger partial charge is 0.314 e. The molecule has 2 aliphatic heterocycles. The minimum Gasteiger partial charge on any atom is -0.314 e. The van der Waals surface area contributed by atoms with Crippen molar-refractivity contribution in [2.45, 2.75) is 6.04 Å². The molecule has 1 amide bonds. The third kappa shape index (κ3) is 2.33. The topological polar surface area (TPSA) is 59.4 Å². The lowest BCUT2D eigenvalue weighted by molar-refractivity contribution is -0.122. The molecule has 1 N–H and O–H groups in total. The van der Waals surface area contributed by atoms with Crippen LogP contribution in [0.1, 0.15) is 5.56 Å². The smallest absolute Gasteiger partial charge is 0.241 e. The van der Waals surface area contributed by atoms with Gasteiger partial charge < -0.3 is 10.2 Å². The highest BCUT2D eigenvalue weighted by Gasteiger charge is 2.33. The van der Waals surface area contributed by atoms with Crippen molar-refractivity contribution < 1.29 is 4.79 Å². The summed E-state index contributed by atoms with van der Waals surface area (Å²) in [4.78, 5) is 16.3. The minimum atomic E-state index is 0.142. The molecule has 0 aromatic heterocycles. The van der Waals surface area contributed by atoms with Gasteiger partial charge in [-0.25, -0.2) is 0 Å². The lowest BCUT2D eigenvalue weighted by Gasteiger charge is -2.43. The minimum absolute atomic E-state index is 0.142. The second-order valence-electron chi connectivity index (χ2n) is 4.99. The van der Waals surface area contributed by atoms with Gasteiger partial charge in [0.15, 0.2) is 0 Å². The van der Waals surface area contributed by atoms with Gasteiger partial charge in [-0.1, -0.05) is 0 Å². The fourth-order valence-electron chi connectivity index (χ4n) is 2.73. The zero-order valence-corrected chi connectivity index (χ0v) is 10.7. The van der Waals surface area contributed by atoms with Gasteiger partial charge in [-0.3, -0.25) is 9.69 Å². The molecule has 0 spiro atoms. The molecule has 1 aromatic rings. The van der Waals surface area contributed by atoms with Crippen LogP contribution in [0.4, 0.5) is 5.69 Å². The predicted octanol–water partition coefficient (Wildman–Crippen LogP) is 0.179. The number of anilines is 1. The normalized spacial score (nSPS) is 23.8. The zero-order valence-electron chi connectivity index (χ0n) is 10.7. The van der Waals surface area contributed by atoms with Crippen LogP contribution in [0.5, 0.6) is 0 Å². The van der Waals surface area contributed by atoms with Crippen molar-refractivity contribution in [3.8, 4) is 6.07 Å². The van der Waals surface area contributed by atoms with Crippen LogP contribution in [0.2, 0.25) is 0 Å². The number of nitrogens with one attached hydrogen (secondary N) is 1. The van der Waals surface area contributed by atoms with E-state index in [-0.39, 0.29) is 5.91 Å². The van der Waals surface area contributed by atoms with Crippen LogP contribution in [0.3, 0.4) is 0 Å². The maximum Gasteiger partial charge on any atom is 0.241 e. The number of nitriles is 1. The molecule has 1 atom stereocenters. The van der Waals surface area contributed by atoms with Crippen LogP contribution in [-0.4, -0.2) is 49.6 Å². The summed E-state index contributed by atoms with van der Waals surface area (Å²) in [6.07, 6.45) is 0. The Morgan fingerprint density at radius 1 is 1.32 bits per heavy atom. The van der Waals surface area contributed by atoms with E-state index in [1.54, 1.807) is 12.1 Å². The van der Waals surface area contributed by atoms with E-state index < -0.39 is 0 Å². The van der Waals surface area contributed by atoms with E-state index in [1.165, 1.54) is 0 Å². The van der Waals surface area contributed by atoms with Crippen molar-refractivity contribution in [2.24, 2.45) is 0 Å². The summed E-state index contributed by atoms with van der Waals surface area (Å²) >= 11 is 0. The zero-order chi connectivity index (χ0) is 13.2. The van der Waals surface area contributed by atoms with E-state index in [4.69, 9.17) is 5.26 Å². The van der Waals surface area contributed by atoms with Crippen molar-refractivity contribution >= 4 is 11.6 Å². The summed E-state index contributed by atoms with van der Waals surface area (Å²) in [5, 5.41) is 12.2. The summed E-state index contributed by atoms with van der Waals surface area (Å²) in [5.74, 6) is 0.142. The molecule has 2 aliphatic rings. The Labute approximate surface area is 112 Å². The van der Waals surface area contributed by atoms with Gasteiger partial charge in [0, 0.05) is 37.9 Å². The van der Waals surface area contributed by atoms with E-state index in [0.717, 1.165) is 31.9 Å². The summed E-state index contributed by atoms with van der Waals surface area (Å²) in [6, 6.07) is 9.70. The number of benzene rings is 1. The first-order valence-electron chi connectivity index (χ1n) is 6.53. The molecule has 2 fully saturated rings. The highest BCUT2D eigenvalue weighted by atomic mass is 16.2. The Morgan fingerprint density at radius 3 is 2.84 bits per heavy atom. The molecule has 5 nitrogen and oxygen atoms in total. The highest BCUT2D eigenvalue weighted by Crippen LogP contribution is 2.21. The molecule has 1 unspecified atom stereocenters. The van der Waals surface area contributed by atoms with Gasteiger partial charge in [-0.05, 0) is 24.3 Å². The van der Waals surface area contributed by atoms with Crippen molar-refractivity contribution in [1.29, 1.82) is 5.26 Å². The van der Waals surface area contributed by atoms with Crippen LogP contribution in [0.25, 0.3) is 0 Å². The van der Waals surface area contributed by atoms with Gasteiger partial charge in [-0.15, -0.1) is 0 Å². The van der Waals surface area contributed by atoms with Crippen LogP contribution in [-0.2, 0) is 4.79 Å². The Morgan fingerprint density at radius 2 is 2.11 bits per heavy atom. The van der Waals surface area contributed by atoms with Crippen LogP contribution in [0.15, 0.2) is 24.3 Å². The SMILES string of the molecule is N#Cc1ccc(N2CC3CNCCN3CC2=O)cc1. The van der Waals surface area contributed by atoms with Crippen molar-refractivity contribution in [1.82, 2.24) is 10.2 Å². The second kappa shape index (κ2) is 5.00. The average molecular weight is 256 g/mol. The molecule has 19 heavy (non-hydrogen) atoms. The van der Waals surface area contributed by atoms with Crippen molar-refractivity contribution in [3.63, 3.8) is 0 Å². The van der Waals surface area contributed by atoms with Gasteiger partial charge in [0.05, 0.1) is 18.2 Å². The summed E-state index contributed by atoms with van der Waals surface area (Å²) < 4.78 is 0. The maximum atomic E-state index is 12.2. The molecular formula is C14H16N4O. The summed E-state index contributed by atoms with van der Waals surface area (Å²) in [6.45, 7) is 4.04. The standard InChI is InChI=1S/C14H16N4O/c15-7-11-1-3-12(4-2-11)18-9-13-8-16-5-6-17(13)10-14(18)19/h1-4,13,16H,5-6,8-10H2. The lowest BCUT2D eigenvalue weighted by Crippen LogP contribution is -2.63. The van der Waals surface area contributed by atoms with E-state index in [9.17, 15) is 4.79 Å². The van der Waals surface area contributed by atoms with Crippen LogP contribution < -0.4 is 10.2 Å². The molecular weight excluding hydrogens is 240 g/mol.